The van der Waals surface area contributed by atoms with E-state index in [-0.39, 0.29) is 11.9 Å². The minimum Gasteiger partial charge on any atom is -0.462 e. The summed E-state index contributed by atoms with van der Waals surface area (Å²) < 4.78 is 14.1. The van der Waals surface area contributed by atoms with Crippen molar-refractivity contribution in [2.24, 2.45) is 0 Å². The quantitative estimate of drug-likeness (QED) is 0.309. The molecular formula is C28H26N2O4+2. The molecule has 0 atom stereocenters. The lowest BCUT2D eigenvalue weighted by atomic mass is 10.1. The van der Waals surface area contributed by atoms with Crippen LogP contribution in [0.5, 0.6) is 0 Å². The van der Waals surface area contributed by atoms with Crippen molar-refractivity contribution in [3.05, 3.63) is 109 Å². The highest BCUT2D eigenvalue weighted by atomic mass is 16.5. The topological polar surface area (TPSA) is 60.4 Å². The van der Waals surface area contributed by atoms with Gasteiger partial charge < -0.3 is 9.47 Å². The Hall–Kier alpha value is -4.32. The number of ether oxygens (including phenoxy) is 2. The summed E-state index contributed by atoms with van der Waals surface area (Å²) >= 11 is 0. The van der Waals surface area contributed by atoms with Crippen LogP contribution in [-0.2, 0) is 9.47 Å². The Morgan fingerprint density at radius 2 is 0.882 bits per heavy atom. The van der Waals surface area contributed by atoms with E-state index in [0.29, 0.717) is 24.3 Å². The van der Waals surface area contributed by atoms with Gasteiger partial charge in [-0.2, -0.15) is 9.13 Å². The van der Waals surface area contributed by atoms with Crippen LogP contribution in [0, 0.1) is 0 Å². The van der Waals surface area contributed by atoms with Crippen LogP contribution in [0.1, 0.15) is 34.6 Å². The molecule has 0 aliphatic heterocycles. The zero-order valence-electron chi connectivity index (χ0n) is 19.2. The first-order chi connectivity index (χ1) is 16.6. The molecule has 0 saturated carbocycles. The van der Waals surface area contributed by atoms with Crippen molar-refractivity contribution in [3.63, 3.8) is 0 Å². The molecule has 0 aliphatic carbocycles. The van der Waals surface area contributed by atoms with Gasteiger partial charge in [0.25, 0.3) is 0 Å². The zero-order valence-corrected chi connectivity index (χ0v) is 19.2. The highest BCUT2D eigenvalue weighted by Crippen LogP contribution is 2.17. The van der Waals surface area contributed by atoms with Crippen LogP contribution in [0.25, 0.3) is 22.5 Å². The van der Waals surface area contributed by atoms with Gasteiger partial charge in [0.1, 0.15) is 0 Å². The fourth-order valence-corrected chi connectivity index (χ4v) is 3.55. The summed E-state index contributed by atoms with van der Waals surface area (Å²) in [5, 5.41) is 0. The summed E-state index contributed by atoms with van der Waals surface area (Å²) in [5.41, 5.74) is 5.16. The van der Waals surface area contributed by atoms with E-state index < -0.39 is 0 Å². The number of carbonyl (C=O) groups is 2. The van der Waals surface area contributed by atoms with Gasteiger partial charge in [0.05, 0.1) is 24.3 Å². The Balaban J connectivity index is 1.46. The lowest BCUT2D eigenvalue weighted by molar-refractivity contribution is -0.596. The van der Waals surface area contributed by atoms with E-state index in [1.807, 2.05) is 82.5 Å². The number of carbonyl (C=O) groups excluding carboxylic acids is 2. The number of hydrogen-bond donors (Lipinski definition) is 0. The van der Waals surface area contributed by atoms with Gasteiger partial charge in [0.15, 0.2) is 24.8 Å². The van der Waals surface area contributed by atoms with E-state index in [1.165, 1.54) is 0 Å². The van der Waals surface area contributed by atoms with Crippen LogP contribution >= 0.6 is 0 Å². The molecule has 4 aromatic rings. The number of nitrogens with zero attached hydrogens (tertiary/aromatic N) is 2. The maximum absolute atomic E-state index is 11.8. The zero-order chi connectivity index (χ0) is 23.9. The fraction of sp³-hybridized carbons (Fsp3) is 0.143. The molecule has 0 unspecified atom stereocenters. The van der Waals surface area contributed by atoms with Crippen molar-refractivity contribution in [1.29, 1.82) is 0 Å². The van der Waals surface area contributed by atoms with Gasteiger partial charge in [-0.05, 0) is 49.2 Å². The van der Waals surface area contributed by atoms with Gasteiger partial charge in [-0.1, -0.05) is 0 Å². The third kappa shape index (κ3) is 5.18. The van der Waals surface area contributed by atoms with Gasteiger partial charge in [-0.15, -0.1) is 0 Å². The Morgan fingerprint density at radius 1 is 0.559 bits per heavy atom. The average Bonchev–Trinajstić information content (AvgIpc) is 2.89. The van der Waals surface area contributed by atoms with Crippen molar-refractivity contribution in [2.45, 2.75) is 13.8 Å². The van der Waals surface area contributed by atoms with Crippen LogP contribution in [-0.4, -0.2) is 25.2 Å². The molecule has 6 nitrogen and oxygen atoms in total. The fourth-order valence-electron chi connectivity index (χ4n) is 3.55. The lowest BCUT2D eigenvalue weighted by Gasteiger charge is -2.03. The van der Waals surface area contributed by atoms with E-state index in [9.17, 15) is 9.59 Å². The summed E-state index contributed by atoms with van der Waals surface area (Å²) in [6.07, 6.45) is 7.96. The molecule has 0 amide bonds. The van der Waals surface area contributed by atoms with E-state index in [2.05, 4.69) is 0 Å². The highest BCUT2D eigenvalue weighted by Gasteiger charge is 2.13. The van der Waals surface area contributed by atoms with Crippen molar-refractivity contribution in [2.75, 3.05) is 13.2 Å². The van der Waals surface area contributed by atoms with E-state index >= 15 is 0 Å². The molecule has 4 rings (SSSR count). The number of rotatable bonds is 7. The molecule has 34 heavy (non-hydrogen) atoms. The molecule has 0 saturated heterocycles. The Bertz CT molecular complexity index is 1160. The van der Waals surface area contributed by atoms with Crippen LogP contribution in [0.4, 0.5) is 0 Å². The van der Waals surface area contributed by atoms with Crippen LogP contribution in [0.2, 0.25) is 0 Å². The molecule has 0 aliphatic rings. The molecule has 2 aromatic carbocycles. The smallest absolute Gasteiger partial charge is 0.338 e. The van der Waals surface area contributed by atoms with E-state index in [1.54, 1.807) is 38.1 Å². The summed E-state index contributed by atoms with van der Waals surface area (Å²) in [5.74, 6) is -0.628. The number of esters is 2. The van der Waals surface area contributed by atoms with Gasteiger partial charge in [0.2, 0.25) is 11.4 Å². The third-order valence-corrected chi connectivity index (χ3v) is 5.35. The SMILES string of the molecule is CCOC(=O)c1ccc(-[n+]2ccc(-c3cc[n+](-c4ccc(C(=O)OCC)cc4)cc3)cc2)cc1. The molecule has 6 heteroatoms. The molecule has 0 spiro atoms. The van der Waals surface area contributed by atoms with Crippen LogP contribution in [0.3, 0.4) is 0 Å². The van der Waals surface area contributed by atoms with Crippen molar-refractivity contribution in [1.82, 2.24) is 0 Å². The monoisotopic (exact) mass is 454 g/mol. The minimum absolute atomic E-state index is 0.314. The second-order valence-electron chi connectivity index (χ2n) is 7.52. The van der Waals surface area contributed by atoms with Gasteiger partial charge in [0, 0.05) is 48.5 Å². The molecule has 2 aromatic heterocycles. The maximum Gasteiger partial charge on any atom is 0.338 e. The predicted molar refractivity (Wildman–Crippen MR) is 127 cm³/mol. The first-order valence-corrected chi connectivity index (χ1v) is 11.2. The molecule has 0 radical (unpaired) electrons. The van der Waals surface area contributed by atoms with Crippen LogP contribution in [0.15, 0.2) is 97.6 Å². The van der Waals surface area contributed by atoms with E-state index in [0.717, 1.165) is 22.5 Å². The maximum atomic E-state index is 11.8. The molecular weight excluding hydrogens is 428 g/mol. The standard InChI is InChI=1S/C28H26N2O4/c1-3-33-27(31)23-5-9-25(10-6-23)29-17-13-21(14-18-29)22-15-19-30(20-16-22)26-11-7-24(8-12-26)28(32)34-4-2/h5-20H,3-4H2,1-2H3/q+2. The molecule has 0 N–H and O–H groups in total. The summed E-state index contributed by atoms with van der Waals surface area (Å²) in [6, 6.07) is 22.8. The Morgan fingerprint density at radius 3 is 1.18 bits per heavy atom. The Kier molecular flexibility index (Phi) is 7.08. The van der Waals surface area contributed by atoms with Gasteiger partial charge in [-0.25, -0.2) is 9.59 Å². The minimum atomic E-state index is -0.314. The summed E-state index contributed by atoms with van der Waals surface area (Å²) in [7, 11) is 0. The predicted octanol–water partition coefficient (Wildman–Crippen LogP) is 4.26. The molecule has 0 bridgehead atoms. The molecule has 170 valence electrons. The third-order valence-electron chi connectivity index (χ3n) is 5.35. The van der Waals surface area contributed by atoms with Crippen molar-refractivity contribution >= 4 is 11.9 Å². The normalized spacial score (nSPS) is 10.5. The van der Waals surface area contributed by atoms with Gasteiger partial charge in [-0.3, -0.25) is 0 Å². The first-order valence-electron chi connectivity index (χ1n) is 11.2. The number of aromatic nitrogens is 2. The second kappa shape index (κ2) is 10.5. The number of pyridine rings is 2. The number of hydrogen-bond acceptors (Lipinski definition) is 4. The average molecular weight is 455 g/mol. The summed E-state index contributed by atoms with van der Waals surface area (Å²) in [6.45, 7) is 4.30. The lowest BCUT2D eigenvalue weighted by Crippen LogP contribution is -2.29. The first kappa shape index (κ1) is 22.9. The molecule has 0 fully saturated rings. The van der Waals surface area contributed by atoms with Crippen LogP contribution < -0.4 is 9.13 Å². The molecule has 2 heterocycles. The van der Waals surface area contributed by atoms with Crippen molar-refractivity contribution < 1.29 is 28.2 Å². The Labute approximate surface area is 198 Å². The van der Waals surface area contributed by atoms with E-state index in [4.69, 9.17) is 9.47 Å². The number of benzene rings is 2. The second-order valence-corrected chi connectivity index (χ2v) is 7.52. The van der Waals surface area contributed by atoms with Gasteiger partial charge >= 0.3 is 11.9 Å². The van der Waals surface area contributed by atoms with Crippen molar-refractivity contribution in [3.8, 4) is 22.5 Å². The largest absolute Gasteiger partial charge is 0.462 e. The summed E-state index contributed by atoms with van der Waals surface area (Å²) in [4.78, 5) is 23.7. The highest BCUT2D eigenvalue weighted by molar-refractivity contribution is 5.90.